The van der Waals surface area contributed by atoms with E-state index >= 15 is 0 Å². The molecule has 0 spiro atoms. The van der Waals surface area contributed by atoms with Gasteiger partial charge in [-0.2, -0.15) is 0 Å². The van der Waals surface area contributed by atoms with Crippen molar-refractivity contribution in [1.82, 2.24) is 10.9 Å². The fourth-order valence-electron chi connectivity index (χ4n) is 2.34. The molecule has 3 rings (SSSR count). The van der Waals surface area contributed by atoms with Crippen LogP contribution < -0.4 is 16.2 Å². The Labute approximate surface area is 157 Å². The van der Waals surface area contributed by atoms with Gasteiger partial charge in [0.2, 0.25) is 5.91 Å². The van der Waals surface area contributed by atoms with Crippen LogP contribution in [0.1, 0.15) is 33.4 Å². The predicted octanol–water partition coefficient (Wildman–Crippen LogP) is 3.18. The fraction of sp³-hybridized carbons (Fsp3) is 0.235. The summed E-state index contributed by atoms with van der Waals surface area (Å²) < 4.78 is 0.831. The Morgan fingerprint density at radius 2 is 1.84 bits per heavy atom. The third-order valence-electron chi connectivity index (χ3n) is 3.93. The van der Waals surface area contributed by atoms with Gasteiger partial charge in [-0.1, -0.05) is 13.0 Å². The van der Waals surface area contributed by atoms with E-state index in [4.69, 9.17) is 0 Å². The number of hydrogen-bond acceptors (Lipinski definition) is 4. The molecular weight excluding hydrogens is 406 g/mol. The number of carbonyl (C=O) groups is 3. The molecule has 1 aromatic carbocycles. The van der Waals surface area contributed by atoms with Gasteiger partial charge in [0.15, 0.2) is 0 Å². The van der Waals surface area contributed by atoms with Crippen molar-refractivity contribution in [1.29, 1.82) is 0 Å². The molecule has 0 radical (unpaired) electrons. The van der Waals surface area contributed by atoms with Gasteiger partial charge in [-0.15, -0.1) is 11.3 Å². The van der Waals surface area contributed by atoms with E-state index in [1.165, 1.54) is 11.3 Å². The lowest BCUT2D eigenvalue weighted by molar-refractivity contribution is -0.117. The van der Waals surface area contributed by atoms with Crippen LogP contribution in [0.15, 0.2) is 40.2 Å². The molecule has 1 aromatic heterocycles. The Bertz CT molecular complexity index is 836. The highest BCUT2D eigenvalue weighted by molar-refractivity contribution is 9.11. The van der Waals surface area contributed by atoms with E-state index in [0.29, 0.717) is 22.0 Å². The second-order valence-corrected chi connectivity index (χ2v) is 8.36. The number of nitrogens with one attached hydrogen (secondary N) is 3. The van der Waals surface area contributed by atoms with Crippen molar-refractivity contribution in [3.63, 3.8) is 0 Å². The van der Waals surface area contributed by atoms with E-state index in [1.807, 2.05) is 6.92 Å². The number of benzene rings is 1. The molecule has 6 nitrogen and oxygen atoms in total. The van der Waals surface area contributed by atoms with Gasteiger partial charge < -0.3 is 5.32 Å². The zero-order valence-electron chi connectivity index (χ0n) is 13.3. The first-order valence-electron chi connectivity index (χ1n) is 7.71. The van der Waals surface area contributed by atoms with E-state index in [2.05, 4.69) is 32.1 Å². The number of halogens is 1. The van der Waals surface area contributed by atoms with Gasteiger partial charge in [0.1, 0.15) is 0 Å². The van der Waals surface area contributed by atoms with Crippen molar-refractivity contribution in [3.05, 3.63) is 50.6 Å². The van der Waals surface area contributed by atoms with Crippen molar-refractivity contribution in [2.24, 2.45) is 11.8 Å². The van der Waals surface area contributed by atoms with Crippen molar-refractivity contribution >= 4 is 50.7 Å². The maximum absolute atomic E-state index is 12.2. The van der Waals surface area contributed by atoms with Crippen LogP contribution in [0, 0.1) is 11.8 Å². The van der Waals surface area contributed by atoms with Crippen LogP contribution in [0.4, 0.5) is 5.69 Å². The van der Waals surface area contributed by atoms with Crippen molar-refractivity contribution < 1.29 is 14.4 Å². The number of hydrazine groups is 1. The summed E-state index contributed by atoms with van der Waals surface area (Å²) in [6.07, 6.45) is 0.900. The highest BCUT2D eigenvalue weighted by Gasteiger charge is 2.39. The minimum absolute atomic E-state index is 0.0263. The topological polar surface area (TPSA) is 87.3 Å². The van der Waals surface area contributed by atoms with E-state index < -0.39 is 11.8 Å². The molecule has 0 saturated heterocycles. The quantitative estimate of drug-likeness (QED) is 0.662. The van der Waals surface area contributed by atoms with E-state index in [0.717, 1.165) is 10.2 Å². The second-order valence-electron chi connectivity index (χ2n) is 5.90. The SMILES string of the molecule is CC1CC1C(=O)Nc1cccc(C(=O)NNC(=O)c2ccc(Br)s2)c1. The molecule has 25 heavy (non-hydrogen) atoms. The zero-order valence-corrected chi connectivity index (χ0v) is 15.7. The largest absolute Gasteiger partial charge is 0.326 e. The Balaban J connectivity index is 1.57. The predicted molar refractivity (Wildman–Crippen MR) is 99.3 cm³/mol. The normalized spacial score (nSPS) is 18.3. The Hall–Kier alpha value is -2.19. The highest BCUT2D eigenvalue weighted by atomic mass is 79.9. The van der Waals surface area contributed by atoms with Crippen molar-refractivity contribution in [2.75, 3.05) is 5.32 Å². The van der Waals surface area contributed by atoms with Crippen molar-refractivity contribution in [2.45, 2.75) is 13.3 Å². The molecule has 1 fully saturated rings. The first-order valence-corrected chi connectivity index (χ1v) is 9.32. The Morgan fingerprint density at radius 3 is 2.48 bits per heavy atom. The number of carbonyl (C=O) groups excluding carboxylic acids is 3. The van der Waals surface area contributed by atoms with Crippen LogP contribution >= 0.6 is 27.3 Å². The molecule has 2 aromatic rings. The standard InChI is InChI=1S/C17H16BrN3O3S/c1-9-7-12(9)16(23)19-11-4-2-3-10(8-11)15(22)20-21-17(24)13-5-6-14(18)25-13/h2-6,8-9,12H,7H2,1H3,(H,19,23)(H,20,22)(H,21,24). The van der Waals surface area contributed by atoms with Crippen LogP contribution in [0.2, 0.25) is 0 Å². The molecule has 1 aliphatic rings. The summed E-state index contributed by atoms with van der Waals surface area (Å²) in [7, 11) is 0. The number of anilines is 1. The van der Waals surface area contributed by atoms with E-state index in [9.17, 15) is 14.4 Å². The average Bonchev–Trinajstić information content (AvgIpc) is 3.17. The second kappa shape index (κ2) is 7.37. The molecule has 1 heterocycles. The summed E-state index contributed by atoms with van der Waals surface area (Å²) >= 11 is 4.55. The lowest BCUT2D eigenvalue weighted by Crippen LogP contribution is -2.41. The average molecular weight is 422 g/mol. The lowest BCUT2D eigenvalue weighted by atomic mass is 10.2. The molecule has 3 N–H and O–H groups in total. The molecule has 1 aliphatic carbocycles. The van der Waals surface area contributed by atoms with Crippen LogP contribution in [0.25, 0.3) is 0 Å². The molecule has 130 valence electrons. The maximum Gasteiger partial charge on any atom is 0.279 e. The first-order chi connectivity index (χ1) is 11.9. The number of thiophene rings is 1. The molecule has 2 unspecified atom stereocenters. The summed E-state index contributed by atoms with van der Waals surface area (Å²) in [6, 6.07) is 10.0. The smallest absolute Gasteiger partial charge is 0.279 e. The van der Waals surface area contributed by atoms with Gasteiger partial charge >= 0.3 is 0 Å². The van der Waals surface area contributed by atoms with E-state index in [-0.39, 0.29) is 11.8 Å². The number of hydrogen-bond donors (Lipinski definition) is 3. The highest BCUT2D eigenvalue weighted by Crippen LogP contribution is 2.38. The van der Waals surface area contributed by atoms with Gasteiger partial charge in [0.25, 0.3) is 11.8 Å². The molecule has 2 atom stereocenters. The van der Waals surface area contributed by atoms with Crippen LogP contribution in [-0.2, 0) is 4.79 Å². The summed E-state index contributed by atoms with van der Waals surface area (Å²) in [5, 5.41) is 2.81. The van der Waals surface area contributed by atoms with Gasteiger partial charge in [-0.3, -0.25) is 25.2 Å². The zero-order chi connectivity index (χ0) is 18.0. The van der Waals surface area contributed by atoms with Gasteiger partial charge in [-0.05, 0) is 58.6 Å². The first kappa shape index (κ1) is 17.6. The minimum Gasteiger partial charge on any atom is -0.326 e. The summed E-state index contributed by atoms with van der Waals surface area (Å²) in [4.78, 5) is 36.6. The van der Waals surface area contributed by atoms with E-state index in [1.54, 1.807) is 36.4 Å². The summed E-state index contributed by atoms with van der Waals surface area (Å²) in [5.74, 6) is -0.404. The summed E-state index contributed by atoms with van der Waals surface area (Å²) in [6.45, 7) is 2.03. The van der Waals surface area contributed by atoms with Crippen LogP contribution in [-0.4, -0.2) is 17.7 Å². The number of amides is 3. The minimum atomic E-state index is -0.458. The third-order valence-corrected chi connectivity index (χ3v) is 5.55. The Kier molecular flexibility index (Phi) is 5.19. The lowest BCUT2D eigenvalue weighted by Gasteiger charge is -2.09. The summed E-state index contributed by atoms with van der Waals surface area (Å²) in [5.41, 5.74) is 5.64. The van der Waals surface area contributed by atoms with Gasteiger partial charge in [0.05, 0.1) is 8.66 Å². The molecule has 8 heteroatoms. The van der Waals surface area contributed by atoms with Crippen molar-refractivity contribution in [3.8, 4) is 0 Å². The van der Waals surface area contributed by atoms with Crippen LogP contribution in [0.5, 0.6) is 0 Å². The maximum atomic E-state index is 12.2. The molecule has 0 aliphatic heterocycles. The third kappa shape index (κ3) is 4.46. The van der Waals surface area contributed by atoms with Gasteiger partial charge in [0, 0.05) is 17.2 Å². The number of rotatable bonds is 4. The Morgan fingerprint density at radius 1 is 1.12 bits per heavy atom. The monoisotopic (exact) mass is 421 g/mol. The molecular formula is C17H16BrN3O3S. The van der Waals surface area contributed by atoms with Gasteiger partial charge in [-0.25, -0.2) is 0 Å². The molecule has 0 bridgehead atoms. The molecule has 3 amide bonds. The molecule has 1 saturated carbocycles. The van der Waals surface area contributed by atoms with Crippen LogP contribution in [0.3, 0.4) is 0 Å². The fourth-order valence-corrected chi connectivity index (χ4v) is 3.63.